The van der Waals surface area contributed by atoms with Crippen molar-refractivity contribution in [3.05, 3.63) is 111 Å². The summed E-state index contributed by atoms with van der Waals surface area (Å²) in [5, 5.41) is 4.60. The minimum Gasteiger partial charge on any atom is -0.370 e. The summed E-state index contributed by atoms with van der Waals surface area (Å²) in [6.45, 7) is 8.70. The first kappa shape index (κ1) is 30.4. The van der Waals surface area contributed by atoms with Crippen molar-refractivity contribution in [3.8, 4) is 0 Å². The Balaban J connectivity index is 1.33. The number of hydrogen-bond acceptors (Lipinski definition) is 5. The maximum absolute atomic E-state index is 15.6. The number of rotatable bonds is 11. The molecule has 1 amide bonds. The SMILES string of the molecule is Cn1nc2c(c1COCc1ccccc1)C(c1ccc(Br)cc1F)N(c1ccc3c(c1)ncn3COCC[Si](C)(C)C)C2=O. The highest BCUT2D eigenvalue weighted by Gasteiger charge is 2.45. The van der Waals surface area contributed by atoms with Gasteiger partial charge in [0.05, 0.1) is 42.3 Å². The van der Waals surface area contributed by atoms with Gasteiger partial charge >= 0.3 is 0 Å². The standard InChI is InChI=1S/C33H35BrFN5O3Si/c1-38-29(19-43-18-22-8-6-5-7-9-22)30-31(37-38)33(41)40(32(30)25-12-10-23(34)16-26(25)35)24-11-13-28-27(17-24)36-20-39(28)21-42-14-15-44(2,3)4/h5-13,16-17,20,32H,14-15,18-19,21H2,1-4H3. The molecule has 0 spiro atoms. The predicted octanol–water partition coefficient (Wildman–Crippen LogP) is 7.45. The van der Waals surface area contributed by atoms with Gasteiger partial charge < -0.3 is 14.0 Å². The van der Waals surface area contributed by atoms with Crippen LogP contribution in [-0.4, -0.2) is 39.9 Å². The van der Waals surface area contributed by atoms with Crippen molar-refractivity contribution in [3.63, 3.8) is 0 Å². The fourth-order valence-electron chi connectivity index (χ4n) is 5.52. The maximum Gasteiger partial charge on any atom is 0.280 e. The molecule has 0 aliphatic carbocycles. The molecule has 0 fully saturated rings. The molecular weight excluding hydrogens is 641 g/mol. The van der Waals surface area contributed by atoms with E-state index in [2.05, 4.69) is 45.7 Å². The molecule has 2 aromatic heterocycles. The summed E-state index contributed by atoms with van der Waals surface area (Å²) in [7, 11) is 0.601. The van der Waals surface area contributed by atoms with E-state index >= 15 is 4.39 Å². The number of aromatic nitrogens is 4. The van der Waals surface area contributed by atoms with Crippen molar-refractivity contribution < 1.29 is 18.7 Å². The smallest absolute Gasteiger partial charge is 0.280 e. The number of benzene rings is 3. The van der Waals surface area contributed by atoms with Crippen LogP contribution in [0.1, 0.15) is 38.9 Å². The van der Waals surface area contributed by atoms with E-state index in [1.54, 1.807) is 35.1 Å². The van der Waals surface area contributed by atoms with Crippen LogP contribution in [0.15, 0.2) is 77.5 Å². The molecule has 1 aliphatic heterocycles. The normalized spacial score (nSPS) is 15.0. The third-order valence-corrected chi connectivity index (χ3v) is 10.1. The van der Waals surface area contributed by atoms with Crippen molar-refractivity contribution in [2.24, 2.45) is 7.05 Å². The van der Waals surface area contributed by atoms with Crippen LogP contribution in [-0.2, 0) is 36.5 Å². The Bertz CT molecular complexity index is 1820. The highest BCUT2D eigenvalue weighted by Crippen LogP contribution is 2.44. The Morgan fingerprint density at radius 2 is 1.80 bits per heavy atom. The quantitative estimate of drug-likeness (QED) is 0.107. The van der Waals surface area contributed by atoms with Gasteiger partial charge in [0.25, 0.3) is 5.91 Å². The molecule has 0 N–H and O–H groups in total. The lowest BCUT2D eigenvalue weighted by Gasteiger charge is -2.27. The fourth-order valence-corrected chi connectivity index (χ4v) is 6.61. The molecule has 0 radical (unpaired) electrons. The molecule has 8 nitrogen and oxygen atoms in total. The minimum atomic E-state index is -1.19. The van der Waals surface area contributed by atoms with E-state index in [1.807, 2.05) is 53.1 Å². The average Bonchev–Trinajstić information content (AvgIpc) is 3.62. The van der Waals surface area contributed by atoms with Gasteiger partial charge in [0, 0.05) is 43.0 Å². The van der Waals surface area contributed by atoms with Crippen LogP contribution < -0.4 is 4.90 Å². The van der Waals surface area contributed by atoms with E-state index in [9.17, 15) is 4.79 Å². The molecular formula is C33H35BrFN5O3Si. The number of ether oxygens (including phenoxy) is 2. The maximum atomic E-state index is 15.6. The number of halogens is 2. The monoisotopic (exact) mass is 675 g/mol. The lowest BCUT2D eigenvalue weighted by molar-refractivity contribution is 0.0898. The second kappa shape index (κ2) is 12.4. The van der Waals surface area contributed by atoms with Gasteiger partial charge in [-0.15, -0.1) is 0 Å². The zero-order chi connectivity index (χ0) is 31.0. The predicted molar refractivity (Wildman–Crippen MR) is 175 cm³/mol. The topological polar surface area (TPSA) is 74.4 Å². The molecule has 1 unspecified atom stereocenters. The number of hydrogen-bond donors (Lipinski definition) is 0. The van der Waals surface area contributed by atoms with Crippen LogP contribution in [0.4, 0.5) is 10.1 Å². The molecule has 3 heterocycles. The summed E-state index contributed by atoms with van der Waals surface area (Å²) >= 11 is 3.37. The van der Waals surface area contributed by atoms with Crippen molar-refractivity contribution in [2.75, 3.05) is 11.5 Å². The lowest BCUT2D eigenvalue weighted by atomic mass is 9.98. The summed E-state index contributed by atoms with van der Waals surface area (Å²) < 4.78 is 31.9. The molecule has 1 aliphatic rings. The average molecular weight is 677 g/mol. The zero-order valence-electron chi connectivity index (χ0n) is 25.3. The van der Waals surface area contributed by atoms with Crippen LogP contribution in [0.3, 0.4) is 0 Å². The van der Waals surface area contributed by atoms with Crippen molar-refractivity contribution in [1.29, 1.82) is 0 Å². The first-order valence-corrected chi connectivity index (χ1v) is 19.1. The van der Waals surface area contributed by atoms with Gasteiger partial charge in [-0.3, -0.25) is 14.4 Å². The van der Waals surface area contributed by atoms with E-state index in [4.69, 9.17) is 9.47 Å². The van der Waals surface area contributed by atoms with Gasteiger partial charge in [-0.25, -0.2) is 9.37 Å². The molecule has 6 rings (SSSR count). The number of carbonyl (C=O) groups excluding carboxylic acids is 1. The first-order valence-electron chi connectivity index (χ1n) is 14.6. The Hall–Kier alpha value is -3.64. The van der Waals surface area contributed by atoms with Gasteiger partial charge in [-0.1, -0.05) is 72.0 Å². The van der Waals surface area contributed by atoms with Crippen LogP contribution >= 0.6 is 15.9 Å². The van der Waals surface area contributed by atoms with Gasteiger partial charge in [0.2, 0.25) is 0 Å². The number of nitrogens with zero attached hydrogens (tertiary/aromatic N) is 5. The molecule has 0 saturated carbocycles. The molecule has 3 aromatic carbocycles. The summed E-state index contributed by atoms with van der Waals surface area (Å²) in [6.07, 6.45) is 1.75. The van der Waals surface area contributed by atoms with Gasteiger partial charge in [0.15, 0.2) is 5.69 Å². The summed E-state index contributed by atoms with van der Waals surface area (Å²) in [4.78, 5) is 20.3. The van der Waals surface area contributed by atoms with E-state index in [-0.39, 0.29) is 12.5 Å². The minimum absolute atomic E-state index is 0.213. The Morgan fingerprint density at radius 1 is 1.00 bits per heavy atom. The first-order chi connectivity index (χ1) is 21.1. The summed E-state index contributed by atoms with van der Waals surface area (Å²) in [5.41, 5.74) is 5.29. The number of amides is 1. The number of aryl methyl sites for hydroxylation is 1. The van der Waals surface area contributed by atoms with E-state index in [1.165, 1.54) is 6.07 Å². The van der Waals surface area contributed by atoms with E-state index in [0.717, 1.165) is 28.3 Å². The molecule has 11 heteroatoms. The Morgan fingerprint density at radius 3 is 2.55 bits per heavy atom. The van der Waals surface area contributed by atoms with Crippen LogP contribution in [0.2, 0.25) is 25.7 Å². The van der Waals surface area contributed by atoms with Gasteiger partial charge in [0.1, 0.15) is 12.5 Å². The third kappa shape index (κ3) is 6.14. The number of fused-ring (bicyclic) bond motifs is 2. The van der Waals surface area contributed by atoms with Crippen LogP contribution in [0.5, 0.6) is 0 Å². The van der Waals surface area contributed by atoms with Crippen LogP contribution in [0.25, 0.3) is 11.0 Å². The molecule has 1 atom stereocenters. The van der Waals surface area contributed by atoms with E-state index in [0.29, 0.717) is 46.9 Å². The lowest BCUT2D eigenvalue weighted by Crippen LogP contribution is -2.30. The summed E-state index contributed by atoms with van der Waals surface area (Å²) in [5.74, 6) is -0.721. The largest absolute Gasteiger partial charge is 0.370 e. The van der Waals surface area contributed by atoms with Gasteiger partial charge in [-0.2, -0.15) is 5.10 Å². The fraction of sp³-hybridized carbons (Fsp3) is 0.303. The third-order valence-electron chi connectivity index (χ3n) is 7.88. The Kier molecular flexibility index (Phi) is 8.56. The second-order valence-electron chi connectivity index (χ2n) is 12.3. The summed E-state index contributed by atoms with van der Waals surface area (Å²) in [6, 6.07) is 20.8. The number of imidazole rings is 1. The van der Waals surface area contributed by atoms with E-state index < -0.39 is 19.9 Å². The van der Waals surface area contributed by atoms with Crippen molar-refractivity contribution in [2.45, 2.75) is 51.7 Å². The van der Waals surface area contributed by atoms with Gasteiger partial charge in [-0.05, 0) is 41.9 Å². The molecule has 44 heavy (non-hydrogen) atoms. The van der Waals surface area contributed by atoms with Crippen LogP contribution in [0, 0.1) is 5.82 Å². The number of carbonyl (C=O) groups is 1. The zero-order valence-corrected chi connectivity index (χ0v) is 27.8. The highest BCUT2D eigenvalue weighted by molar-refractivity contribution is 9.10. The molecule has 0 bridgehead atoms. The highest BCUT2D eigenvalue weighted by atomic mass is 79.9. The van der Waals surface area contributed by atoms with Crippen molar-refractivity contribution in [1.82, 2.24) is 19.3 Å². The molecule has 228 valence electrons. The molecule has 5 aromatic rings. The van der Waals surface area contributed by atoms with Crippen molar-refractivity contribution >= 4 is 46.6 Å². The Labute approximate surface area is 265 Å². The number of anilines is 1. The second-order valence-corrected chi connectivity index (χ2v) is 18.8. The molecule has 0 saturated heterocycles.